The molecular formula is C21H24F3N3O5. The van der Waals surface area contributed by atoms with Crippen LogP contribution in [0.1, 0.15) is 18.4 Å². The first-order valence-corrected chi connectivity index (χ1v) is 9.75. The van der Waals surface area contributed by atoms with E-state index in [1.165, 1.54) is 0 Å². The highest BCUT2D eigenvalue weighted by molar-refractivity contribution is 5.73. The second-order valence-electron chi connectivity index (χ2n) is 7.12. The zero-order valence-corrected chi connectivity index (χ0v) is 17.3. The highest BCUT2D eigenvalue weighted by Crippen LogP contribution is 2.26. The van der Waals surface area contributed by atoms with Gasteiger partial charge >= 0.3 is 12.1 Å². The Balaban J connectivity index is 0.000000451. The summed E-state index contributed by atoms with van der Waals surface area (Å²) in [7, 11) is 1.69. The Morgan fingerprint density at radius 2 is 1.75 bits per heavy atom. The van der Waals surface area contributed by atoms with E-state index in [4.69, 9.17) is 14.6 Å². The molecule has 0 spiro atoms. The SMILES string of the molecule is COc1ccccc1NC1CCN(Cc2ccc([N+](=O)[O-])cc2)CC1.O=C(O)C(F)(F)F. The normalized spacial score (nSPS) is 14.8. The molecule has 0 saturated carbocycles. The van der Waals surface area contributed by atoms with Crippen LogP contribution in [0.2, 0.25) is 0 Å². The van der Waals surface area contributed by atoms with Gasteiger partial charge in [-0.15, -0.1) is 0 Å². The van der Waals surface area contributed by atoms with Gasteiger partial charge in [-0.05, 0) is 30.5 Å². The maximum atomic E-state index is 10.7. The van der Waals surface area contributed by atoms with Crippen LogP contribution in [-0.4, -0.2) is 53.3 Å². The Labute approximate surface area is 182 Å². The number of carboxylic acid groups (broad SMARTS) is 1. The summed E-state index contributed by atoms with van der Waals surface area (Å²) in [6.45, 7) is 2.84. The molecule has 0 unspecified atom stereocenters. The molecule has 1 aliphatic rings. The van der Waals surface area contributed by atoms with Gasteiger partial charge in [0.25, 0.3) is 5.69 Å². The van der Waals surface area contributed by atoms with E-state index in [9.17, 15) is 23.3 Å². The lowest BCUT2D eigenvalue weighted by Crippen LogP contribution is -2.38. The number of hydrogen-bond donors (Lipinski definition) is 2. The quantitative estimate of drug-likeness (QED) is 0.494. The van der Waals surface area contributed by atoms with Gasteiger partial charge in [0, 0.05) is 37.8 Å². The first-order valence-electron chi connectivity index (χ1n) is 9.75. The Hall–Kier alpha value is -3.34. The van der Waals surface area contributed by atoms with Crippen LogP contribution in [0.4, 0.5) is 24.5 Å². The maximum Gasteiger partial charge on any atom is 0.490 e. The Morgan fingerprint density at radius 1 is 1.19 bits per heavy atom. The number of carboxylic acids is 1. The zero-order chi connectivity index (χ0) is 23.7. The molecule has 11 heteroatoms. The van der Waals surface area contributed by atoms with Crippen LogP contribution in [0.15, 0.2) is 48.5 Å². The van der Waals surface area contributed by atoms with Gasteiger partial charge in [-0.2, -0.15) is 13.2 Å². The van der Waals surface area contributed by atoms with E-state index in [-0.39, 0.29) is 10.6 Å². The van der Waals surface area contributed by atoms with Crippen LogP contribution in [0, 0.1) is 10.1 Å². The van der Waals surface area contributed by atoms with E-state index in [0.29, 0.717) is 6.04 Å². The Bertz CT molecular complexity index is 898. The molecule has 8 nitrogen and oxygen atoms in total. The van der Waals surface area contributed by atoms with Gasteiger partial charge in [0.1, 0.15) is 5.75 Å². The number of hydrogen-bond acceptors (Lipinski definition) is 6. The fourth-order valence-corrected chi connectivity index (χ4v) is 3.20. The highest BCUT2D eigenvalue weighted by atomic mass is 19.4. The first-order chi connectivity index (χ1) is 15.1. The fraction of sp³-hybridized carbons (Fsp3) is 0.381. The number of halogens is 3. The van der Waals surface area contributed by atoms with Crippen molar-refractivity contribution in [2.24, 2.45) is 0 Å². The molecule has 2 aromatic carbocycles. The van der Waals surface area contributed by atoms with Crippen LogP contribution >= 0.6 is 0 Å². The number of nitro groups is 1. The summed E-state index contributed by atoms with van der Waals surface area (Å²) >= 11 is 0. The van der Waals surface area contributed by atoms with E-state index in [1.807, 2.05) is 36.4 Å². The zero-order valence-electron chi connectivity index (χ0n) is 17.3. The van der Waals surface area contributed by atoms with Crippen molar-refractivity contribution in [1.29, 1.82) is 0 Å². The van der Waals surface area contributed by atoms with E-state index in [1.54, 1.807) is 19.2 Å². The largest absolute Gasteiger partial charge is 0.495 e. The fourth-order valence-electron chi connectivity index (χ4n) is 3.20. The van der Waals surface area contributed by atoms with Crippen molar-refractivity contribution in [3.05, 3.63) is 64.2 Å². The molecule has 0 aliphatic carbocycles. The summed E-state index contributed by atoms with van der Waals surface area (Å²) in [6.07, 6.45) is -2.96. The molecular weight excluding hydrogens is 431 g/mol. The molecule has 1 saturated heterocycles. The van der Waals surface area contributed by atoms with E-state index in [0.717, 1.165) is 49.5 Å². The van der Waals surface area contributed by atoms with Crippen molar-refractivity contribution < 1.29 is 32.7 Å². The summed E-state index contributed by atoms with van der Waals surface area (Å²) in [5.41, 5.74) is 2.30. The Kier molecular flexibility index (Phi) is 8.82. The molecule has 0 radical (unpaired) electrons. The number of carbonyl (C=O) groups is 1. The van der Waals surface area contributed by atoms with Gasteiger partial charge in [0.05, 0.1) is 17.7 Å². The summed E-state index contributed by atoms with van der Waals surface area (Å²) in [5, 5.41) is 21.4. The van der Waals surface area contributed by atoms with Gasteiger partial charge < -0.3 is 15.2 Å². The molecule has 174 valence electrons. The second kappa shape index (κ2) is 11.3. The second-order valence-corrected chi connectivity index (χ2v) is 7.12. The van der Waals surface area contributed by atoms with Crippen molar-refractivity contribution in [3.8, 4) is 5.75 Å². The molecule has 2 aromatic rings. The summed E-state index contributed by atoms with van der Waals surface area (Å²) in [4.78, 5) is 21.6. The molecule has 0 aromatic heterocycles. The molecule has 1 heterocycles. The van der Waals surface area contributed by atoms with Crippen molar-refractivity contribution in [1.82, 2.24) is 4.90 Å². The van der Waals surface area contributed by atoms with Crippen molar-refractivity contribution in [3.63, 3.8) is 0 Å². The predicted molar refractivity (Wildman–Crippen MR) is 112 cm³/mol. The average molecular weight is 455 g/mol. The van der Waals surface area contributed by atoms with Gasteiger partial charge in [0.15, 0.2) is 0 Å². The van der Waals surface area contributed by atoms with Crippen LogP contribution < -0.4 is 10.1 Å². The number of nitro benzene ring substituents is 1. The smallest absolute Gasteiger partial charge is 0.490 e. The van der Waals surface area contributed by atoms with Crippen LogP contribution in [0.3, 0.4) is 0 Å². The number of nitrogens with zero attached hydrogens (tertiary/aromatic N) is 2. The number of aliphatic carboxylic acids is 1. The van der Waals surface area contributed by atoms with Gasteiger partial charge in [-0.25, -0.2) is 4.79 Å². The topological polar surface area (TPSA) is 105 Å². The molecule has 0 amide bonds. The highest BCUT2D eigenvalue weighted by Gasteiger charge is 2.38. The predicted octanol–water partition coefficient (Wildman–Crippen LogP) is 4.31. The minimum atomic E-state index is -5.08. The summed E-state index contributed by atoms with van der Waals surface area (Å²) < 4.78 is 37.1. The third kappa shape index (κ3) is 7.73. The number of benzene rings is 2. The number of methoxy groups -OCH3 is 1. The molecule has 32 heavy (non-hydrogen) atoms. The van der Waals surface area contributed by atoms with Crippen molar-refractivity contribution >= 4 is 17.3 Å². The molecule has 1 fully saturated rings. The van der Waals surface area contributed by atoms with Crippen LogP contribution in [0.25, 0.3) is 0 Å². The summed E-state index contributed by atoms with van der Waals surface area (Å²) in [5.74, 6) is -1.89. The molecule has 0 atom stereocenters. The number of non-ortho nitro benzene ring substituents is 1. The molecule has 1 aliphatic heterocycles. The standard InChI is InChI=1S/C19H23N3O3.C2HF3O2/c1-25-19-5-3-2-4-18(19)20-16-10-12-21(13-11-16)14-15-6-8-17(9-7-15)22(23)24;3-2(4,5)1(6)7/h2-9,16,20H,10-14H2,1H3;(H,6,7). The van der Waals surface area contributed by atoms with Crippen molar-refractivity contribution in [2.45, 2.75) is 31.6 Å². The van der Waals surface area contributed by atoms with E-state index in [2.05, 4.69) is 10.2 Å². The third-order valence-electron chi connectivity index (χ3n) is 4.85. The Morgan fingerprint density at radius 3 is 2.25 bits per heavy atom. The first kappa shape index (κ1) is 24.9. The number of rotatable bonds is 6. The molecule has 2 N–H and O–H groups in total. The van der Waals surface area contributed by atoms with Gasteiger partial charge in [0.2, 0.25) is 0 Å². The minimum absolute atomic E-state index is 0.142. The number of para-hydroxylation sites is 2. The van der Waals surface area contributed by atoms with Crippen LogP contribution in [-0.2, 0) is 11.3 Å². The van der Waals surface area contributed by atoms with Crippen LogP contribution in [0.5, 0.6) is 5.75 Å². The van der Waals surface area contributed by atoms with E-state index >= 15 is 0 Å². The lowest BCUT2D eigenvalue weighted by atomic mass is 10.0. The maximum absolute atomic E-state index is 10.7. The number of anilines is 1. The number of alkyl halides is 3. The lowest BCUT2D eigenvalue weighted by Gasteiger charge is -2.33. The number of piperidine rings is 1. The summed E-state index contributed by atoms with van der Waals surface area (Å²) in [6, 6.07) is 15.3. The average Bonchev–Trinajstić information content (AvgIpc) is 2.75. The molecule has 0 bridgehead atoms. The number of nitrogens with one attached hydrogen (secondary N) is 1. The van der Waals surface area contributed by atoms with Crippen molar-refractivity contribution in [2.75, 3.05) is 25.5 Å². The third-order valence-corrected chi connectivity index (χ3v) is 4.85. The minimum Gasteiger partial charge on any atom is -0.495 e. The lowest BCUT2D eigenvalue weighted by molar-refractivity contribution is -0.384. The van der Waals surface area contributed by atoms with Gasteiger partial charge in [-0.1, -0.05) is 24.3 Å². The molecule has 3 rings (SSSR count). The monoisotopic (exact) mass is 455 g/mol. The number of ether oxygens (including phenoxy) is 1. The van der Waals surface area contributed by atoms with E-state index < -0.39 is 12.1 Å². The van der Waals surface area contributed by atoms with Gasteiger partial charge in [-0.3, -0.25) is 15.0 Å². The number of likely N-dealkylation sites (tertiary alicyclic amines) is 1.